The fourth-order valence-corrected chi connectivity index (χ4v) is 3.91. The molecule has 0 aromatic heterocycles. The molecule has 4 aromatic rings. The predicted molar refractivity (Wildman–Crippen MR) is 128 cm³/mol. The van der Waals surface area contributed by atoms with Gasteiger partial charge in [-0.2, -0.15) is 0 Å². The number of halogens is 1. The van der Waals surface area contributed by atoms with Crippen LogP contribution in [0.15, 0.2) is 91.0 Å². The minimum atomic E-state index is -0.575. The summed E-state index contributed by atoms with van der Waals surface area (Å²) in [6.07, 6.45) is 1.57. The van der Waals surface area contributed by atoms with E-state index in [4.69, 9.17) is 11.6 Å². The molecule has 4 rings (SSSR count). The third-order valence-corrected chi connectivity index (χ3v) is 5.69. The van der Waals surface area contributed by atoms with Crippen molar-refractivity contribution in [3.05, 3.63) is 117 Å². The molecule has 160 valence electrons. The second-order valence-electron chi connectivity index (χ2n) is 7.50. The maximum Gasteiger partial charge on any atom is 0.288 e. The van der Waals surface area contributed by atoms with E-state index >= 15 is 0 Å². The average molecular weight is 445 g/mol. The largest absolute Gasteiger partial charge is 0.308 e. The molecule has 0 aliphatic heterocycles. The van der Waals surface area contributed by atoms with Crippen LogP contribution in [-0.2, 0) is 6.42 Å². The number of carbonyl (C=O) groups is 1. The number of benzene rings is 4. The lowest BCUT2D eigenvalue weighted by Gasteiger charge is -2.23. The van der Waals surface area contributed by atoms with E-state index in [0.29, 0.717) is 6.54 Å². The van der Waals surface area contributed by atoms with E-state index < -0.39 is 4.92 Å². The summed E-state index contributed by atoms with van der Waals surface area (Å²) < 4.78 is 0. The number of fused-ring (bicyclic) bond motifs is 1. The van der Waals surface area contributed by atoms with Crippen LogP contribution in [0.3, 0.4) is 0 Å². The normalized spacial score (nSPS) is 10.8. The number of rotatable bonds is 7. The van der Waals surface area contributed by atoms with Crippen molar-refractivity contribution in [2.24, 2.45) is 0 Å². The van der Waals surface area contributed by atoms with Gasteiger partial charge in [0.1, 0.15) is 5.02 Å². The van der Waals surface area contributed by atoms with Crippen molar-refractivity contribution in [1.29, 1.82) is 0 Å². The van der Waals surface area contributed by atoms with Gasteiger partial charge in [-0.25, -0.2) is 0 Å². The predicted octanol–water partition coefficient (Wildman–Crippen LogP) is 6.68. The Morgan fingerprint density at radius 2 is 1.59 bits per heavy atom. The summed E-state index contributed by atoms with van der Waals surface area (Å²) in [6.45, 7) is 0.475. The molecule has 0 N–H and O–H groups in total. The van der Waals surface area contributed by atoms with Crippen LogP contribution in [0.25, 0.3) is 10.8 Å². The van der Waals surface area contributed by atoms with E-state index in [2.05, 4.69) is 12.1 Å². The highest BCUT2D eigenvalue weighted by molar-refractivity contribution is 6.32. The Labute approximate surface area is 191 Å². The first kappa shape index (κ1) is 21.5. The summed E-state index contributed by atoms with van der Waals surface area (Å²) in [6, 6.07) is 28.1. The van der Waals surface area contributed by atoms with Crippen molar-refractivity contribution in [2.75, 3.05) is 11.4 Å². The fraction of sp³-hybridized carbons (Fsp3) is 0.115. The third kappa shape index (κ3) is 4.79. The average Bonchev–Trinajstić information content (AvgIpc) is 2.82. The Bertz CT molecular complexity index is 1270. The first-order chi connectivity index (χ1) is 15.5. The molecule has 5 nitrogen and oxygen atoms in total. The van der Waals surface area contributed by atoms with Crippen LogP contribution in [0.1, 0.15) is 22.3 Å². The van der Waals surface area contributed by atoms with Crippen LogP contribution < -0.4 is 4.90 Å². The van der Waals surface area contributed by atoms with Gasteiger partial charge in [0.05, 0.1) is 4.92 Å². The Balaban J connectivity index is 1.66. The molecule has 0 heterocycles. The molecule has 0 spiro atoms. The molecular weight excluding hydrogens is 424 g/mol. The number of aryl methyl sites for hydroxylation is 1. The SMILES string of the molecule is O=C(c1ccc(Cl)c([N+](=O)[O-])c1)N(CCCc1ccccc1)c1ccc2ccccc2c1. The van der Waals surface area contributed by atoms with Gasteiger partial charge in [0.25, 0.3) is 11.6 Å². The van der Waals surface area contributed by atoms with E-state index in [1.165, 1.54) is 23.8 Å². The van der Waals surface area contributed by atoms with E-state index in [9.17, 15) is 14.9 Å². The van der Waals surface area contributed by atoms with E-state index in [1.54, 1.807) is 4.90 Å². The first-order valence-electron chi connectivity index (χ1n) is 10.3. The minimum Gasteiger partial charge on any atom is -0.308 e. The molecule has 0 bridgehead atoms. The molecule has 0 aliphatic carbocycles. The number of anilines is 1. The molecule has 0 saturated heterocycles. The summed E-state index contributed by atoms with van der Waals surface area (Å²) in [5, 5.41) is 13.4. The Morgan fingerprint density at radius 1 is 0.875 bits per heavy atom. The van der Waals surface area contributed by atoms with Gasteiger partial charge in [0, 0.05) is 23.9 Å². The number of amides is 1. The maximum absolute atomic E-state index is 13.5. The van der Waals surface area contributed by atoms with Crippen molar-refractivity contribution < 1.29 is 9.72 Å². The zero-order chi connectivity index (χ0) is 22.5. The van der Waals surface area contributed by atoms with Crippen LogP contribution in [0.4, 0.5) is 11.4 Å². The van der Waals surface area contributed by atoms with Gasteiger partial charge in [0.15, 0.2) is 0 Å². The topological polar surface area (TPSA) is 63.4 Å². The first-order valence-corrected chi connectivity index (χ1v) is 10.7. The van der Waals surface area contributed by atoms with Crippen LogP contribution in [0.2, 0.25) is 5.02 Å². The van der Waals surface area contributed by atoms with Gasteiger partial charge in [-0.1, -0.05) is 72.3 Å². The number of nitro benzene ring substituents is 1. The van der Waals surface area contributed by atoms with Crippen molar-refractivity contribution in [2.45, 2.75) is 12.8 Å². The Hall–Kier alpha value is -3.70. The molecule has 32 heavy (non-hydrogen) atoms. The van der Waals surface area contributed by atoms with Crippen molar-refractivity contribution >= 4 is 39.7 Å². The number of hydrogen-bond donors (Lipinski definition) is 0. The Morgan fingerprint density at radius 3 is 2.34 bits per heavy atom. The highest BCUT2D eigenvalue weighted by Gasteiger charge is 2.22. The smallest absolute Gasteiger partial charge is 0.288 e. The van der Waals surface area contributed by atoms with E-state index in [-0.39, 0.29) is 22.2 Å². The lowest BCUT2D eigenvalue weighted by molar-refractivity contribution is -0.384. The summed E-state index contributed by atoms with van der Waals surface area (Å²) in [4.78, 5) is 25.9. The zero-order valence-electron chi connectivity index (χ0n) is 17.3. The number of carbonyl (C=O) groups excluding carboxylic acids is 1. The lowest BCUT2D eigenvalue weighted by atomic mass is 10.1. The van der Waals surface area contributed by atoms with Crippen LogP contribution in [-0.4, -0.2) is 17.4 Å². The summed E-state index contributed by atoms with van der Waals surface area (Å²) >= 11 is 5.94. The molecule has 0 fully saturated rings. The summed E-state index contributed by atoms with van der Waals surface area (Å²) in [7, 11) is 0. The lowest BCUT2D eigenvalue weighted by Crippen LogP contribution is -2.32. The van der Waals surface area contributed by atoms with Crippen molar-refractivity contribution in [1.82, 2.24) is 0 Å². The van der Waals surface area contributed by atoms with Gasteiger partial charge < -0.3 is 4.90 Å². The number of hydrogen-bond acceptors (Lipinski definition) is 3. The standard InChI is InChI=1S/C26H21ClN2O3/c27-24-15-13-22(18-25(24)29(31)32)26(30)28(16-6-9-19-7-2-1-3-8-19)23-14-12-20-10-4-5-11-21(20)17-23/h1-5,7-8,10-15,17-18H,6,9,16H2. The van der Waals surface area contributed by atoms with E-state index in [0.717, 1.165) is 29.3 Å². The third-order valence-electron chi connectivity index (χ3n) is 5.37. The summed E-state index contributed by atoms with van der Waals surface area (Å²) in [5.74, 6) is -0.298. The Kier molecular flexibility index (Phi) is 6.47. The zero-order valence-corrected chi connectivity index (χ0v) is 18.0. The van der Waals surface area contributed by atoms with Crippen LogP contribution >= 0.6 is 11.6 Å². The second-order valence-corrected chi connectivity index (χ2v) is 7.91. The highest BCUT2D eigenvalue weighted by Crippen LogP contribution is 2.28. The molecule has 4 aromatic carbocycles. The quantitative estimate of drug-likeness (QED) is 0.236. The van der Waals surface area contributed by atoms with Gasteiger partial charge in [0.2, 0.25) is 0 Å². The van der Waals surface area contributed by atoms with Gasteiger partial charge in [-0.15, -0.1) is 0 Å². The number of nitro groups is 1. The van der Waals surface area contributed by atoms with Crippen molar-refractivity contribution in [3.8, 4) is 0 Å². The molecule has 0 aliphatic rings. The molecule has 0 unspecified atom stereocenters. The number of nitrogens with zero attached hydrogens (tertiary/aromatic N) is 2. The summed E-state index contributed by atoms with van der Waals surface area (Å²) in [5.41, 5.74) is 1.90. The molecule has 0 atom stereocenters. The molecule has 1 amide bonds. The van der Waals surface area contributed by atoms with Gasteiger partial charge >= 0.3 is 0 Å². The minimum absolute atomic E-state index is 0.00730. The monoisotopic (exact) mass is 444 g/mol. The maximum atomic E-state index is 13.5. The second kappa shape index (κ2) is 9.62. The molecule has 0 saturated carbocycles. The van der Waals surface area contributed by atoms with Crippen LogP contribution in [0, 0.1) is 10.1 Å². The van der Waals surface area contributed by atoms with Crippen molar-refractivity contribution in [3.63, 3.8) is 0 Å². The fourth-order valence-electron chi connectivity index (χ4n) is 3.72. The van der Waals surface area contributed by atoms with Gasteiger partial charge in [-0.3, -0.25) is 14.9 Å². The molecule has 0 radical (unpaired) electrons. The molecule has 6 heteroatoms. The van der Waals surface area contributed by atoms with Crippen LogP contribution in [0.5, 0.6) is 0 Å². The highest BCUT2D eigenvalue weighted by atomic mass is 35.5. The molecular formula is C26H21ClN2O3. The van der Waals surface area contributed by atoms with Gasteiger partial charge in [-0.05, 0) is 53.4 Å². The van der Waals surface area contributed by atoms with E-state index in [1.807, 2.05) is 60.7 Å².